The molecule has 1 aromatic carbocycles. The highest BCUT2D eigenvalue weighted by Crippen LogP contribution is 2.22. The van der Waals surface area contributed by atoms with Crippen LogP contribution in [0, 0.1) is 0 Å². The first-order valence-corrected chi connectivity index (χ1v) is 6.53. The van der Waals surface area contributed by atoms with Gasteiger partial charge in [0.1, 0.15) is 12.6 Å². The van der Waals surface area contributed by atoms with E-state index in [2.05, 4.69) is 4.74 Å². The smallest absolute Gasteiger partial charge is 0.325 e. The van der Waals surface area contributed by atoms with E-state index in [1.165, 1.54) is 14.2 Å². The predicted octanol–water partition coefficient (Wildman–Crippen LogP) is 0.857. The van der Waals surface area contributed by atoms with Crippen LogP contribution < -0.4 is 5.73 Å². The van der Waals surface area contributed by atoms with Gasteiger partial charge >= 0.3 is 11.9 Å². The molecule has 0 amide bonds. The molecule has 1 unspecified atom stereocenters. The van der Waals surface area contributed by atoms with Gasteiger partial charge in [-0.3, -0.25) is 9.59 Å². The monoisotopic (exact) mass is 290 g/mol. The van der Waals surface area contributed by atoms with Crippen LogP contribution in [0.3, 0.4) is 0 Å². The molecule has 0 radical (unpaired) electrons. The van der Waals surface area contributed by atoms with Gasteiger partial charge < -0.3 is 19.8 Å². The summed E-state index contributed by atoms with van der Waals surface area (Å²) in [6.07, 6.45) is 2.17. The van der Waals surface area contributed by atoms with Crippen molar-refractivity contribution in [3.05, 3.63) is 36.0 Å². The van der Waals surface area contributed by atoms with Crippen LogP contribution >= 0.6 is 0 Å². The molecule has 6 nitrogen and oxygen atoms in total. The number of benzene rings is 1. The van der Waals surface area contributed by atoms with Crippen molar-refractivity contribution >= 4 is 22.8 Å². The lowest BCUT2D eigenvalue weighted by atomic mass is 10.1. The number of hydrogen-bond donors (Lipinski definition) is 1. The van der Waals surface area contributed by atoms with Gasteiger partial charge in [0.15, 0.2) is 0 Å². The first-order valence-electron chi connectivity index (χ1n) is 6.53. The Kier molecular flexibility index (Phi) is 4.59. The average molecular weight is 290 g/mol. The summed E-state index contributed by atoms with van der Waals surface area (Å²) in [6, 6.07) is 6.90. The summed E-state index contributed by atoms with van der Waals surface area (Å²) in [5.41, 5.74) is 7.61. The van der Waals surface area contributed by atoms with E-state index < -0.39 is 12.0 Å². The third-order valence-corrected chi connectivity index (χ3v) is 3.34. The molecular formula is C15H18N2O4. The molecule has 6 heteroatoms. The Labute approximate surface area is 122 Å². The number of hydrogen-bond acceptors (Lipinski definition) is 5. The third kappa shape index (κ3) is 3.22. The standard InChI is InChI=1S/C15H18N2O4/c1-20-14(18)9-17-8-10(7-12(16)15(19)21-2)11-5-3-4-6-13(11)17/h3-6,8,12H,7,9,16H2,1-2H3. The zero-order chi connectivity index (χ0) is 15.4. The SMILES string of the molecule is COC(=O)Cn1cc(CC(N)C(=O)OC)c2ccccc21. The highest BCUT2D eigenvalue weighted by Gasteiger charge is 2.18. The van der Waals surface area contributed by atoms with Gasteiger partial charge in [-0.25, -0.2) is 0 Å². The Morgan fingerprint density at radius 2 is 1.95 bits per heavy atom. The third-order valence-electron chi connectivity index (χ3n) is 3.34. The molecule has 0 aliphatic rings. The summed E-state index contributed by atoms with van der Waals surface area (Å²) < 4.78 is 11.1. The summed E-state index contributed by atoms with van der Waals surface area (Å²) in [7, 11) is 2.66. The second-order valence-corrected chi connectivity index (χ2v) is 4.71. The molecule has 0 aliphatic heterocycles. The van der Waals surface area contributed by atoms with Gasteiger partial charge in [0.25, 0.3) is 0 Å². The molecule has 2 N–H and O–H groups in total. The second-order valence-electron chi connectivity index (χ2n) is 4.71. The minimum Gasteiger partial charge on any atom is -0.468 e. The van der Waals surface area contributed by atoms with Crippen LogP contribution in [0.1, 0.15) is 5.56 Å². The summed E-state index contributed by atoms with van der Waals surface area (Å²) in [4.78, 5) is 22.9. The maximum absolute atomic E-state index is 11.5. The van der Waals surface area contributed by atoms with Gasteiger partial charge in [-0.05, 0) is 11.6 Å². The fourth-order valence-corrected chi connectivity index (χ4v) is 2.29. The number of nitrogens with two attached hydrogens (primary N) is 1. The Morgan fingerprint density at radius 1 is 1.24 bits per heavy atom. The minimum atomic E-state index is -0.729. The van der Waals surface area contributed by atoms with Crippen LogP contribution in [0.2, 0.25) is 0 Å². The maximum atomic E-state index is 11.5. The topological polar surface area (TPSA) is 83.5 Å². The quantitative estimate of drug-likeness (QED) is 0.826. The Morgan fingerprint density at radius 3 is 2.62 bits per heavy atom. The Hall–Kier alpha value is -2.34. The van der Waals surface area contributed by atoms with E-state index in [4.69, 9.17) is 10.5 Å². The zero-order valence-electron chi connectivity index (χ0n) is 12.0. The van der Waals surface area contributed by atoms with Crippen LogP contribution in [0.4, 0.5) is 0 Å². The molecule has 21 heavy (non-hydrogen) atoms. The Bertz CT molecular complexity index is 663. The number of methoxy groups -OCH3 is 2. The van der Waals surface area contributed by atoms with Gasteiger partial charge in [0.05, 0.1) is 14.2 Å². The number of carbonyl (C=O) groups is 2. The van der Waals surface area contributed by atoms with Crippen molar-refractivity contribution in [3.8, 4) is 0 Å². The first kappa shape index (κ1) is 15.1. The van der Waals surface area contributed by atoms with E-state index in [1.807, 2.05) is 30.5 Å². The number of para-hydroxylation sites is 1. The number of fused-ring (bicyclic) bond motifs is 1. The van der Waals surface area contributed by atoms with Crippen LogP contribution in [0.25, 0.3) is 10.9 Å². The van der Waals surface area contributed by atoms with Crippen LogP contribution in [-0.2, 0) is 32.0 Å². The highest BCUT2D eigenvalue weighted by atomic mass is 16.5. The summed E-state index contributed by atoms with van der Waals surface area (Å²) in [6.45, 7) is 0.116. The minimum absolute atomic E-state index is 0.116. The van der Waals surface area contributed by atoms with E-state index in [1.54, 1.807) is 4.57 Å². The van der Waals surface area contributed by atoms with Gasteiger partial charge in [-0.2, -0.15) is 0 Å². The maximum Gasteiger partial charge on any atom is 0.325 e. The largest absolute Gasteiger partial charge is 0.468 e. The second kappa shape index (κ2) is 6.41. The van der Waals surface area contributed by atoms with Crippen LogP contribution in [0.5, 0.6) is 0 Å². The zero-order valence-corrected chi connectivity index (χ0v) is 12.0. The number of ether oxygens (including phenoxy) is 2. The number of rotatable bonds is 5. The van der Waals surface area contributed by atoms with Crippen LogP contribution in [0.15, 0.2) is 30.5 Å². The highest BCUT2D eigenvalue weighted by molar-refractivity contribution is 5.86. The lowest BCUT2D eigenvalue weighted by Gasteiger charge is -2.07. The normalized spacial score (nSPS) is 12.1. The van der Waals surface area contributed by atoms with Gasteiger partial charge in [0.2, 0.25) is 0 Å². The molecule has 2 aromatic rings. The van der Waals surface area contributed by atoms with Gasteiger partial charge in [-0.1, -0.05) is 18.2 Å². The van der Waals surface area contributed by atoms with E-state index >= 15 is 0 Å². The molecule has 0 saturated heterocycles. The molecule has 2 rings (SSSR count). The van der Waals surface area contributed by atoms with Crippen molar-refractivity contribution in [1.29, 1.82) is 0 Å². The summed E-state index contributed by atoms with van der Waals surface area (Å²) >= 11 is 0. The average Bonchev–Trinajstić information content (AvgIpc) is 2.84. The van der Waals surface area contributed by atoms with Crippen molar-refractivity contribution in [3.63, 3.8) is 0 Å². The molecule has 1 atom stereocenters. The molecule has 0 spiro atoms. The van der Waals surface area contributed by atoms with Crippen LogP contribution in [-0.4, -0.2) is 36.8 Å². The molecule has 1 heterocycles. The van der Waals surface area contributed by atoms with E-state index in [0.29, 0.717) is 6.42 Å². The van der Waals surface area contributed by atoms with Crippen molar-refractivity contribution in [2.24, 2.45) is 5.73 Å². The summed E-state index contributed by atoms with van der Waals surface area (Å²) in [5.74, 6) is -0.792. The van der Waals surface area contributed by atoms with Gasteiger partial charge in [-0.15, -0.1) is 0 Å². The molecule has 0 aliphatic carbocycles. The van der Waals surface area contributed by atoms with Crippen molar-refractivity contribution < 1.29 is 19.1 Å². The fraction of sp³-hybridized carbons (Fsp3) is 0.333. The molecular weight excluding hydrogens is 272 g/mol. The Balaban J connectivity index is 2.36. The predicted molar refractivity (Wildman–Crippen MR) is 77.6 cm³/mol. The number of aromatic nitrogens is 1. The number of nitrogens with zero attached hydrogens (tertiary/aromatic N) is 1. The van der Waals surface area contributed by atoms with E-state index in [9.17, 15) is 9.59 Å². The van der Waals surface area contributed by atoms with E-state index in [0.717, 1.165) is 16.5 Å². The van der Waals surface area contributed by atoms with Crippen molar-refractivity contribution in [1.82, 2.24) is 4.57 Å². The van der Waals surface area contributed by atoms with Crippen molar-refractivity contribution in [2.45, 2.75) is 19.0 Å². The molecule has 112 valence electrons. The molecule has 0 bridgehead atoms. The van der Waals surface area contributed by atoms with Crippen molar-refractivity contribution in [2.75, 3.05) is 14.2 Å². The number of carbonyl (C=O) groups excluding carboxylic acids is 2. The lowest BCUT2D eigenvalue weighted by Crippen LogP contribution is -2.33. The number of esters is 2. The molecule has 1 aromatic heterocycles. The van der Waals surface area contributed by atoms with Gasteiger partial charge in [0, 0.05) is 23.5 Å². The molecule has 0 fully saturated rings. The van der Waals surface area contributed by atoms with E-state index in [-0.39, 0.29) is 12.5 Å². The lowest BCUT2D eigenvalue weighted by molar-refractivity contribution is -0.142. The first-order chi connectivity index (χ1) is 10.1. The summed E-state index contributed by atoms with van der Waals surface area (Å²) in [5, 5.41) is 0.959. The fourth-order valence-electron chi connectivity index (χ4n) is 2.29. The molecule has 0 saturated carbocycles.